The van der Waals surface area contributed by atoms with E-state index in [1.165, 1.54) is 25.7 Å². The average molecular weight is 256 g/mol. The van der Waals surface area contributed by atoms with Crippen molar-refractivity contribution in [2.45, 2.75) is 57.9 Å². The Balaban J connectivity index is 2.48. The Morgan fingerprint density at radius 2 is 1.72 bits per heavy atom. The lowest BCUT2D eigenvalue weighted by molar-refractivity contribution is 0.0994. The van der Waals surface area contributed by atoms with Crippen LogP contribution in [0.25, 0.3) is 0 Å². The van der Waals surface area contributed by atoms with Gasteiger partial charge in [-0.25, -0.2) is 0 Å². The summed E-state index contributed by atoms with van der Waals surface area (Å²) >= 11 is 0. The van der Waals surface area contributed by atoms with Gasteiger partial charge in [-0.05, 0) is 39.8 Å². The number of aliphatic hydroxyl groups is 1. The molecule has 1 saturated carbocycles. The van der Waals surface area contributed by atoms with Gasteiger partial charge in [-0.1, -0.05) is 26.7 Å². The van der Waals surface area contributed by atoms with E-state index in [0.29, 0.717) is 12.1 Å². The van der Waals surface area contributed by atoms with Crippen LogP contribution in [0.15, 0.2) is 0 Å². The first-order valence-corrected chi connectivity index (χ1v) is 7.53. The molecule has 0 amide bonds. The largest absolute Gasteiger partial charge is 0.396 e. The molecule has 1 aliphatic carbocycles. The van der Waals surface area contributed by atoms with Crippen LogP contribution in [0.5, 0.6) is 0 Å². The SMILES string of the molecule is CCC(CC)(CO)CNCC1(N(C)C)CCCC1. The highest BCUT2D eigenvalue weighted by Gasteiger charge is 2.36. The van der Waals surface area contributed by atoms with Gasteiger partial charge < -0.3 is 15.3 Å². The van der Waals surface area contributed by atoms with E-state index < -0.39 is 0 Å². The minimum atomic E-state index is 0.0755. The number of nitrogens with one attached hydrogen (secondary N) is 1. The van der Waals surface area contributed by atoms with Gasteiger partial charge in [0.25, 0.3) is 0 Å². The van der Waals surface area contributed by atoms with Gasteiger partial charge in [0.05, 0.1) is 0 Å². The molecule has 1 rings (SSSR count). The van der Waals surface area contributed by atoms with Gasteiger partial charge in [-0.3, -0.25) is 0 Å². The molecule has 0 aliphatic heterocycles. The molecule has 0 radical (unpaired) electrons. The molecule has 108 valence electrons. The minimum absolute atomic E-state index is 0.0755. The zero-order valence-electron chi connectivity index (χ0n) is 12.8. The molecule has 0 aromatic heterocycles. The van der Waals surface area contributed by atoms with Crippen LogP contribution in [0.1, 0.15) is 52.4 Å². The van der Waals surface area contributed by atoms with E-state index in [2.05, 4.69) is 38.2 Å². The fraction of sp³-hybridized carbons (Fsp3) is 1.00. The molecule has 0 unspecified atom stereocenters. The predicted octanol–water partition coefficient (Wildman–Crippen LogP) is 2.25. The van der Waals surface area contributed by atoms with Crippen LogP contribution in [0.3, 0.4) is 0 Å². The van der Waals surface area contributed by atoms with Gasteiger partial charge in [0.1, 0.15) is 0 Å². The van der Waals surface area contributed by atoms with Crippen molar-refractivity contribution in [3.63, 3.8) is 0 Å². The van der Waals surface area contributed by atoms with Crippen molar-refractivity contribution in [2.75, 3.05) is 33.8 Å². The lowest BCUT2D eigenvalue weighted by atomic mass is 9.83. The van der Waals surface area contributed by atoms with Crippen molar-refractivity contribution < 1.29 is 5.11 Å². The molecule has 0 saturated heterocycles. The van der Waals surface area contributed by atoms with E-state index in [1.54, 1.807) is 0 Å². The summed E-state index contributed by atoms with van der Waals surface area (Å²) in [4.78, 5) is 2.39. The first-order chi connectivity index (χ1) is 8.54. The van der Waals surface area contributed by atoms with E-state index in [4.69, 9.17) is 0 Å². The summed E-state index contributed by atoms with van der Waals surface area (Å²) in [6.07, 6.45) is 7.40. The molecule has 1 aliphatic rings. The molecule has 1 fully saturated rings. The summed E-state index contributed by atoms with van der Waals surface area (Å²) in [5.41, 5.74) is 0.425. The van der Waals surface area contributed by atoms with Crippen molar-refractivity contribution in [2.24, 2.45) is 5.41 Å². The van der Waals surface area contributed by atoms with Crippen LogP contribution >= 0.6 is 0 Å². The number of rotatable bonds is 8. The Bertz CT molecular complexity index is 222. The highest BCUT2D eigenvalue weighted by Crippen LogP contribution is 2.33. The molecule has 0 spiro atoms. The molecule has 3 nitrogen and oxygen atoms in total. The van der Waals surface area contributed by atoms with Crippen molar-refractivity contribution >= 4 is 0 Å². The van der Waals surface area contributed by atoms with Gasteiger partial charge in [-0.15, -0.1) is 0 Å². The summed E-state index contributed by atoms with van der Waals surface area (Å²) in [7, 11) is 4.40. The van der Waals surface area contributed by atoms with Crippen LogP contribution in [0.4, 0.5) is 0 Å². The van der Waals surface area contributed by atoms with Crippen molar-refractivity contribution in [3.05, 3.63) is 0 Å². The topological polar surface area (TPSA) is 35.5 Å². The lowest BCUT2D eigenvalue weighted by Gasteiger charge is -2.38. The summed E-state index contributed by atoms with van der Waals surface area (Å²) in [6, 6.07) is 0. The fourth-order valence-electron chi connectivity index (χ4n) is 3.16. The number of aliphatic hydroxyl groups excluding tert-OH is 1. The van der Waals surface area contributed by atoms with E-state index in [0.717, 1.165) is 25.9 Å². The Hall–Kier alpha value is -0.120. The maximum Gasteiger partial charge on any atom is 0.0499 e. The molecule has 0 bridgehead atoms. The highest BCUT2D eigenvalue weighted by atomic mass is 16.3. The number of hydrogen-bond donors (Lipinski definition) is 2. The third-order valence-corrected chi connectivity index (χ3v) is 5.27. The van der Waals surface area contributed by atoms with Gasteiger partial charge in [0.2, 0.25) is 0 Å². The standard InChI is InChI=1S/C15H32N2O/c1-5-14(6-2,13-18)11-16-12-15(17(3)4)9-7-8-10-15/h16,18H,5-13H2,1-4H3. The van der Waals surface area contributed by atoms with Gasteiger partial charge >= 0.3 is 0 Å². The first-order valence-electron chi connectivity index (χ1n) is 7.53. The molecule has 0 aromatic carbocycles. The third kappa shape index (κ3) is 3.46. The fourth-order valence-corrected chi connectivity index (χ4v) is 3.16. The smallest absolute Gasteiger partial charge is 0.0499 e. The molecule has 0 atom stereocenters. The quantitative estimate of drug-likeness (QED) is 0.699. The normalized spacial score (nSPS) is 19.7. The first kappa shape index (κ1) is 15.9. The zero-order valence-corrected chi connectivity index (χ0v) is 12.8. The van der Waals surface area contributed by atoms with Gasteiger partial charge in [0.15, 0.2) is 0 Å². The van der Waals surface area contributed by atoms with Gasteiger partial charge in [0, 0.05) is 30.7 Å². The molecule has 18 heavy (non-hydrogen) atoms. The molecular formula is C15H32N2O. The Labute approximate surface area is 113 Å². The molecular weight excluding hydrogens is 224 g/mol. The number of nitrogens with zero attached hydrogens (tertiary/aromatic N) is 1. The molecule has 0 heterocycles. The van der Waals surface area contributed by atoms with Crippen LogP contribution in [-0.2, 0) is 0 Å². The van der Waals surface area contributed by atoms with Crippen LogP contribution < -0.4 is 5.32 Å². The molecule has 2 N–H and O–H groups in total. The van der Waals surface area contributed by atoms with Crippen LogP contribution in [-0.4, -0.2) is 49.3 Å². The maximum atomic E-state index is 9.59. The Kier molecular flexibility index (Phi) is 6.09. The van der Waals surface area contributed by atoms with E-state index in [9.17, 15) is 5.11 Å². The lowest BCUT2D eigenvalue weighted by Crippen LogP contribution is -2.51. The van der Waals surface area contributed by atoms with E-state index in [-0.39, 0.29) is 5.41 Å². The highest BCUT2D eigenvalue weighted by molar-refractivity contribution is 4.95. The van der Waals surface area contributed by atoms with Gasteiger partial charge in [-0.2, -0.15) is 0 Å². The second kappa shape index (κ2) is 6.88. The summed E-state index contributed by atoms with van der Waals surface area (Å²) in [5, 5.41) is 13.2. The molecule has 3 heteroatoms. The molecule has 0 aromatic rings. The van der Waals surface area contributed by atoms with Crippen molar-refractivity contribution in [3.8, 4) is 0 Å². The maximum absolute atomic E-state index is 9.59. The second-order valence-corrected chi connectivity index (χ2v) is 6.29. The second-order valence-electron chi connectivity index (χ2n) is 6.29. The monoisotopic (exact) mass is 256 g/mol. The number of hydrogen-bond acceptors (Lipinski definition) is 3. The third-order valence-electron chi connectivity index (χ3n) is 5.27. The van der Waals surface area contributed by atoms with Crippen molar-refractivity contribution in [1.29, 1.82) is 0 Å². The zero-order chi connectivity index (χ0) is 13.6. The summed E-state index contributed by atoms with van der Waals surface area (Å²) in [6.45, 7) is 6.65. The summed E-state index contributed by atoms with van der Waals surface area (Å²) in [5.74, 6) is 0. The van der Waals surface area contributed by atoms with E-state index in [1.807, 2.05) is 0 Å². The average Bonchev–Trinajstić information content (AvgIpc) is 2.85. The Morgan fingerprint density at radius 3 is 2.11 bits per heavy atom. The predicted molar refractivity (Wildman–Crippen MR) is 77.9 cm³/mol. The summed E-state index contributed by atoms with van der Waals surface area (Å²) < 4.78 is 0. The number of likely N-dealkylation sites (N-methyl/N-ethyl adjacent to an activating group) is 1. The van der Waals surface area contributed by atoms with Crippen molar-refractivity contribution in [1.82, 2.24) is 10.2 Å². The van der Waals surface area contributed by atoms with E-state index >= 15 is 0 Å². The minimum Gasteiger partial charge on any atom is -0.396 e. The van der Waals surface area contributed by atoms with Crippen LogP contribution in [0.2, 0.25) is 0 Å². The van der Waals surface area contributed by atoms with Crippen LogP contribution in [0, 0.1) is 5.41 Å². The Morgan fingerprint density at radius 1 is 1.17 bits per heavy atom.